The summed E-state index contributed by atoms with van der Waals surface area (Å²) in [5.74, 6) is 0. The van der Waals surface area contributed by atoms with Crippen LogP contribution in [0, 0.1) is 6.92 Å². The van der Waals surface area contributed by atoms with Gasteiger partial charge in [0.2, 0.25) is 0 Å². The molecule has 2 rings (SSSR count). The SMILES string of the molecule is CCn1nc(C)c(Br)c1Cn1ncc(NCCN)cc1=O. The number of hydrogen-bond donors (Lipinski definition) is 2. The first-order valence-electron chi connectivity index (χ1n) is 6.79. The number of nitrogens with one attached hydrogen (secondary N) is 1. The molecule has 0 saturated carbocycles. The molecule has 2 heterocycles. The van der Waals surface area contributed by atoms with Crippen molar-refractivity contribution < 1.29 is 0 Å². The van der Waals surface area contributed by atoms with E-state index in [1.165, 1.54) is 10.7 Å². The summed E-state index contributed by atoms with van der Waals surface area (Å²) in [6.45, 7) is 6.18. The van der Waals surface area contributed by atoms with Gasteiger partial charge in [-0.25, -0.2) is 4.68 Å². The molecule has 0 atom stereocenters. The van der Waals surface area contributed by atoms with Crippen molar-refractivity contribution in [1.29, 1.82) is 0 Å². The van der Waals surface area contributed by atoms with Gasteiger partial charge in [-0.2, -0.15) is 10.2 Å². The number of anilines is 1. The lowest BCUT2D eigenvalue weighted by molar-refractivity contribution is 0.558. The number of nitrogens with zero attached hydrogens (tertiary/aromatic N) is 4. The van der Waals surface area contributed by atoms with Crippen molar-refractivity contribution in [2.75, 3.05) is 18.4 Å². The van der Waals surface area contributed by atoms with Gasteiger partial charge >= 0.3 is 0 Å². The molecule has 21 heavy (non-hydrogen) atoms. The summed E-state index contributed by atoms with van der Waals surface area (Å²) in [5, 5.41) is 11.6. The van der Waals surface area contributed by atoms with E-state index in [0.29, 0.717) is 25.3 Å². The van der Waals surface area contributed by atoms with E-state index in [0.717, 1.165) is 22.4 Å². The third kappa shape index (κ3) is 3.51. The molecule has 8 heteroatoms. The van der Waals surface area contributed by atoms with Crippen molar-refractivity contribution in [2.24, 2.45) is 5.73 Å². The van der Waals surface area contributed by atoms with Crippen LogP contribution in [-0.4, -0.2) is 32.7 Å². The minimum Gasteiger partial charge on any atom is -0.382 e. The Morgan fingerprint density at radius 3 is 2.81 bits per heavy atom. The summed E-state index contributed by atoms with van der Waals surface area (Å²) in [7, 11) is 0. The first-order chi connectivity index (χ1) is 10.1. The quantitative estimate of drug-likeness (QED) is 0.805. The van der Waals surface area contributed by atoms with Gasteiger partial charge in [0.15, 0.2) is 0 Å². The zero-order chi connectivity index (χ0) is 15.4. The molecule has 0 aliphatic carbocycles. The molecule has 0 spiro atoms. The highest BCUT2D eigenvalue weighted by molar-refractivity contribution is 9.10. The summed E-state index contributed by atoms with van der Waals surface area (Å²) >= 11 is 3.52. The molecule has 114 valence electrons. The monoisotopic (exact) mass is 354 g/mol. The van der Waals surface area contributed by atoms with Crippen LogP contribution in [0.2, 0.25) is 0 Å². The molecule has 2 aromatic heterocycles. The summed E-state index contributed by atoms with van der Waals surface area (Å²) in [5.41, 5.74) is 7.78. The molecule has 0 fully saturated rings. The van der Waals surface area contributed by atoms with Crippen molar-refractivity contribution in [3.05, 3.63) is 38.5 Å². The van der Waals surface area contributed by atoms with E-state index in [1.54, 1.807) is 6.20 Å². The molecule has 2 aromatic rings. The van der Waals surface area contributed by atoms with Gasteiger partial charge in [-0.15, -0.1) is 0 Å². The van der Waals surface area contributed by atoms with Crippen molar-refractivity contribution in [2.45, 2.75) is 26.9 Å². The molecule has 7 nitrogen and oxygen atoms in total. The van der Waals surface area contributed by atoms with Crippen LogP contribution < -0.4 is 16.6 Å². The van der Waals surface area contributed by atoms with Crippen molar-refractivity contribution in [3.63, 3.8) is 0 Å². The molecule has 0 saturated heterocycles. The third-order valence-corrected chi connectivity index (χ3v) is 4.13. The molecular weight excluding hydrogens is 336 g/mol. The summed E-state index contributed by atoms with van der Waals surface area (Å²) in [6, 6.07) is 1.52. The Balaban J connectivity index is 2.26. The average Bonchev–Trinajstić information content (AvgIpc) is 2.75. The lowest BCUT2D eigenvalue weighted by Crippen LogP contribution is -2.25. The van der Waals surface area contributed by atoms with Crippen molar-refractivity contribution in [1.82, 2.24) is 19.6 Å². The number of aryl methyl sites for hydroxylation is 2. The Kier molecular flexibility index (Phi) is 5.13. The molecule has 0 amide bonds. The number of nitrogens with two attached hydrogens (primary N) is 1. The lowest BCUT2D eigenvalue weighted by Gasteiger charge is -2.09. The lowest BCUT2D eigenvalue weighted by atomic mass is 10.3. The predicted octanol–water partition coefficient (Wildman–Crippen LogP) is 0.950. The summed E-state index contributed by atoms with van der Waals surface area (Å²) < 4.78 is 4.21. The zero-order valence-corrected chi connectivity index (χ0v) is 13.7. The molecule has 0 bridgehead atoms. The molecule has 0 aromatic carbocycles. The Morgan fingerprint density at radius 2 is 2.19 bits per heavy atom. The first kappa shape index (κ1) is 15.7. The molecule has 0 unspecified atom stereocenters. The van der Waals surface area contributed by atoms with E-state index < -0.39 is 0 Å². The Labute approximate surface area is 131 Å². The normalized spacial score (nSPS) is 10.9. The van der Waals surface area contributed by atoms with Gasteiger partial charge in [-0.3, -0.25) is 9.48 Å². The number of halogens is 1. The van der Waals surface area contributed by atoms with E-state index in [4.69, 9.17) is 5.73 Å². The molecule has 0 aliphatic rings. The average molecular weight is 355 g/mol. The van der Waals surface area contributed by atoms with Crippen molar-refractivity contribution >= 4 is 21.6 Å². The maximum atomic E-state index is 12.1. The highest BCUT2D eigenvalue weighted by atomic mass is 79.9. The van der Waals surface area contributed by atoms with Gasteiger partial charge < -0.3 is 11.1 Å². The predicted molar refractivity (Wildman–Crippen MR) is 85.5 cm³/mol. The van der Waals surface area contributed by atoms with E-state index in [2.05, 4.69) is 31.4 Å². The van der Waals surface area contributed by atoms with E-state index in [9.17, 15) is 4.79 Å². The first-order valence-corrected chi connectivity index (χ1v) is 7.59. The molecule has 3 N–H and O–H groups in total. The van der Waals surface area contributed by atoms with E-state index >= 15 is 0 Å². The number of aromatic nitrogens is 4. The van der Waals surface area contributed by atoms with Crippen LogP contribution in [0.25, 0.3) is 0 Å². The Bertz CT molecular complexity index is 678. The zero-order valence-electron chi connectivity index (χ0n) is 12.1. The topological polar surface area (TPSA) is 90.8 Å². The molecule has 0 aliphatic heterocycles. The Morgan fingerprint density at radius 1 is 1.43 bits per heavy atom. The van der Waals surface area contributed by atoms with Crippen LogP contribution in [0.4, 0.5) is 5.69 Å². The van der Waals surface area contributed by atoms with Crippen LogP contribution in [0.1, 0.15) is 18.3 Å². The standard InChI is InChI=1S/C13H19BrN6O/c1-3-19-11(13(14)9(2)18-19)8-20-12(21)6-10(7-17-20)16-5-4-15/h6-7,16H,3-5,8,15H2,1-2H3. The maximum Gasteiger partial charge on any atom is 0.269 e. The number of rotatable bonds is 6. The Hall–Kier alpha value is -1.67. The van der Waals surface area contributed by atoms with Crippen LogP contribution in [0.15, 0.2) is 21.5 Å². The molecule has 0 radical (unpaired) electrons. The van der Waals surface area contributed by atoms with Gasteiger partial charge in [0.05, 0.1) is 34.3 Å². The van der Waals surface area contributed by atoms with E-state index in [1.807, 2.05) is 18.5 Å². The van der Waals surface area contributed by atoms with Gasteiger partial charge in [0.1, 0.15) is 0 Å². The largest absolute Gasteiger partial charge is 0.382 e. The third-order valence-electron chi connectivity index (χ3n) is 3.10. The second kappa shape index (κ2) is 6.86. The fourth-order valence-corrected chi connectivity index (χ4v) is 2.44. The van der Waals surface area contributed by atoms with Gasteiger partial charge in [0.25, 0.3) is 5.56 Å². The minimum absolute atomic E-state index is 0.162. The minimum atomic E-state index is -0.162. The fraction of sp³-hybridized carbons (Fsp3) is 0.462. The summed E-state index contributed by atoms with van der Waals surface area (Å²) in [6.07, 6.45) is 1.63. The molecular formula is C13H19BrN6O. The number of hydrogen-bond acceptors (Lipinski definition) is 5. The highest BCUT2D eigenvalue weighted by Crippen LogP contribution is 2.21. The van der Waals surface area contributed by atoms with Gasteiger partial charge in [-0.1, -0.05) is 0 Å². The smallest absolute Gasteiger partial charge is 0.269 e. The van der Waals surface area contributed by atoms with Gasteiger partial charge in [-0.05, 0) is 29.8 Å². The second-order valence-electron chi connectivity index (χ2n) is 4.62. The van der Waals surface area contributed by atoms with Gasteiger partial charge in [0, 0.05) is 25.7 Å². The second-order valence-corrected chi connectivity index (χ2v) is 5.41. The maximum absolute atomic E-state index is 12.1. The van der Waals surface area contributed by atoms with Crippen molar-refractivity contribution in [3.8, 4) is 0 Å². The van der Waals surface area contributed by atoms with Crippen LogP contribution >= 0.6 is 15.9 Å². The summed E-state index contributed by atoms with van der Waals surface area (Å²) in [4.78, 5) is 12.1. The van der Waals surface area contributed by atoms with Crippen LogP contribution in [0.3, 0.4) is 0 Å². The van der Waals surface area contributed by atoms with Crippen LogP contribution in [-0.2, 0) is 13.1 Å². The fourth-order valence-electron chi connectivity index (χ4n) is 2.03. The highest BCUT2D eigenvalue weighted by Gasteiger charge is 2.13. The van der Waals surface area contributed by atoms with E-state index in [-0.39, 0.29) is 5.56 Å². The van der Waals surface area contributed by atoms with Crippen LogP contribution in [0.5, 0.6) is 0 Å².